The van der Waals surface area contributed by atoms with E-state index in [1.54, 1.807) is 0 Å². The van der Waals surface area contributed by atoms with Crippen LogP contribution in [0, 0.1) is 0 Å². The van der Waals surface area contributed by atoms with Crippen molar-refractivity contribution < 1.29 is 80.4 Å². The van der Waals surface area contributed by atoms with Gasteiger partial charge in [-0.25, -0.2) is 8.42 Å². The molecule has 1 saturated heterocycles. The van der Waals surface area contributed by atoms with E-state index in [9.17, 15) is 27.7 Å². The molecule has 0 aromatic heterocycles. The number of aliphatic hydroxyl groups is 1. The molecule has 11 nitrogen and oxygen atoms in total. The summed E-state index contributed by atoms with van der Waals surface area (Å²) in [5.41, 5.74) is 0. The molecule has 0 saturated carbocycles. The molecule has 1 heterocycles. The standard InChI is InChI=1S/C47H90O11S.Na/c1-4-6-8-10-12-14-16-18-20-22-24-26-28-30-32-34-36-38-42(49)56-45-44(58-59(51,52)53)41(40-48)55-47(54-3)46(45)57-43(50)39-37-35-33-31-29-27-25-23-21-19-17-15-13-11-9-7-5-2;/h41,44-48H,4-40H2,1-3H3,(H,51,52,53);/q;+1/p-1/t41-,44-,45+,46-,47+;/m1./s1. The van der Waals surface area contributed by atoms with E-state index in [-0.39, 0.29) is 42.4 Å². The molecule has 0 bridgehead atoms. The normalized spacial score (nSPS) is 19.2. The molecule has 1 aliphatic heterocycles. The van der Waals surface area contributed by atoms with Gasteiger partial charge in [-0.2, -0.15) is 0 Å². The molecule has 1 N–H and O–H groups in total. The summed E-state index contributed by atoms with van der Waals surface area (Å²) in [6.45, 7) is 3.75. The van der Waals surface area contributed by atoms with Crippen molar-refractivity contribution >= 4 is 22.3 Å². The Kier molecular flexibility index (Phi) is 41.2. The van der Waals surface area contributed by atoms with Crippen molar-refractivity contribution in [1.82, 2.24) is 0 Å². The fourth-order valence-electron chi connectivity index (χ4n) is 8.14. The van der Waals surface area contributed by atoms with Crippen molar-refractivity contribution in [2.24, 2.45) is 0 Å². The predicted octanol–water partition coefficient (Wildman–Crippen LogP) is 9.11. The topological polar surface area (TPSA) is 158 Å². The molecule has 60 heavy (non-hydrogen) atoms. The number of ether oxygens (including phenoxy) is 4. The zero-order valence-corrected chi connectivity index (χ0v) is 41.8. The van der Waals surface area contributed by atoms with Gasteiger partial charge in [-0.05, 0) is 12.8 Å². The SMILES string of the molecule is CCCCCCCCCCCCCCCCCCCC(=O)O[C@@H]1[C@@H](OC(=O)CCCCCCCCCCCCCCCCCCC)[C@@H](OC)O[C@H](CO)[C@H]1OS(=O)(=O)[O-].[Na+]. The number of rotatable bonds is 42. The van der Waals surface area contributed by atoms with E-state index in [1.807, 2.05) is 0 Å². The molecule has 350 valence electrons. The van der Waals surface area contributed by atoms with Crippen molar-refractivity contribution in [2.45, 2.75) is 276 Å². The zero-order valence-electron chi connectivity index (χ0n) is 39.0. The predicted molar refractivity (Wildman–Crippen MR) is 235 cm³/mol. The molecule has 1 rings (SSSR count). The average molecular weight is 885 g/mol. The molecule has 0 radical (unpaired) electrons. The molecule has 0 aliphatic carbocycles. The number of aliphatic hydroxyl groups excluding tert-OH is 1. The summed E-state index contributed by atoms with van der Waals surface area (Å²) >= 11 is 0. The van der Waals surface area contributed by atoms with Crippen molar-refractivity contribution in [3.05, 3.63) is 0 Å². The van der Waals surface area contributed by atoms with E-state index in [1.165, 1.54) is 174 Å². The summed E-state index contributed by atoms with van der Waals surface area (Å²) < 4.78 is 62.2. The van der Waals surface area contributed by atoms with E-state index in [0.29, 0.717) is 12.8 Å². The molecule has 0 aromatic carbocycles. The van der Waals surface area contributed by atoms with Crippen LogP contribution in [0.4, 0.5) is 0 Å². The molecule has 13 heteroatoms. The monoisotopic (exact) mass is 885 g/mol. The van der Waals surface area contributed by atoms with Crippen molar-refractivity contribution in [1.29, 1.82) is 0 Å². The minimum absolute atomic E-state index is 0. The maximum Gasteiger partial charge on any atom is 1.00 e. The second-order valence-corrected chi connectivity index (χ2v) is 18.2. The maximum absolute atomic E-state index is 13.1. The van der Waals surface area contributed by atoms with Crippen molar-refractivity contribution in [3.8, 4) is 0 Å². The Labute approximate surface area is 389 Å². The van der Waals surface area contributed by atoms with Gasteiger partial charge >= 0.3 is 41.5 Å². The minimum atomic E-state index is -5.31. The van der Waals surface area contributed by atoms with Crippen molar-refractivity contribution in [3.63, 3.8) is 0 Å². The second kappa shape index (κ2) is 41.4. The average Bonchev–Trinajstić information content (AvgIpc) is 3.21. The maximum atomic E-state index is 13.1. The summed E-state index contributed by atoms with van der Waals surface area (Å²) in [4.78, 5) is 26.1. The number of unbranched alkanes of at least 4 members (excludes halogenated alkanes) is 32. The third-order valence-corrected chi connectivity index (χ3v) is 12.2. The number of hydrogen-bond acceptors (Lipinski definition) is 11. The van der Waals surface area contributed by atoms with Crippen LogP contribution < -0.4 is 29.6 Å². The van der Waals surface area contributed by atoms with E-state index in [0.717, 1.165) is 38.5 Å². The van der Waals surface area contributed by atoms with Gasteiger partial charge in [-0.3, -0.25) is 13.8 Å². The Bertz CT molecular complexity index is 1100. The quantitative estimate of drug-likeness (QED) is 0.0205. The number of carbonyl (C=O) groups is 2. The Morgan fingerprint density at radius 2 is 0.783 bits per heavy atom. The molecule has 5 atom stereocenters. The third kappa shape index (κ3) is 33.2. The summed E-state index contributed by atoms with van der Waals surface area (Å²) in [7, 11) is -4.02. The number of carbonyl (C=O) groups excluding carboxylic acids is 2. The summed E-state index contributed by atoms with van der Waals surface area (Å²) in [6, 6.07) is 0. The van der Waals surface area contributed by atoms with E-state index in [2.05, 4.69) is 13.8 Å². The molecular weight excluding hydrogens is 796 g/mol. The van der Waals surface area contributed by atoms with E-state index < -0.39 is 59.7 Å². The van der Waals surface area contributed by atoms with E-state index >= 15 is 0 Å². The van der Waals surface area contributed by atoms with Crippen LogP contribution in [0.1, 0.15) is 245 Å². The Morgan fingerprint density at radius 1 is 0.500 bits per heavy atom. The third-order valence-electron chi connectivity index (χ3n) is 11.7. The molecule has 1 aliphatic rings. The smallest absolute Gasteiger partial charge is 0.726 e. The molecule has 1 fully saturated rings. The first-order valence-electron chi connectivity index (χ1n) is 24.5. The fourth-order valence-corrected chi connectivity index (χ4v) is 8.64. The van der Waals surface area contributed by atoms with Gasteiger partial charge in [0.05, 0.1) is 6.61 Å². The molecular formula is C47H89NaO11S. The molecule has 0 spiro atoms. The minimum Gasteiger partial charge on any atom is -0.726 e. The van der Waals surface area contributed by atoms with Crippen LogP contribution in [-0.2, 0) is 43.1 Å². The van der Waals surface area contributed by atoms with E-state index in [4.69, 9.17) is 23.1 Å². The molecule has 0 amide bonds. The first kappa shape index (κ1) is 59.7. The van der Waals surface area contributed by atoms with Gasteiger partial charge in [-0.1, -0.05) is 219 Å². The van der Waals surface area contributed by atoms with Crippen LogP contribution in [0.2, 0.25) is 0 Å². The van der Waals surface area contributed by atoms with Crippen LogP contribution >= 0.6 is 0 Å². The first-order chi connectivity index (χ1) is 28.7. The van der Waals surface area contributed by atoms with Crippen LogP contribution in [-0.4, -0.2) is 74.4 Å². The Morgan fingerprint density at radius 3 is 1.05 bits per heavy atom. The summed E-state index contributed by atoms with van der Waals surface area (Å²) in [6.07, 6.45) is 34.2. The van der Waals surface area contributed by atoms with Gasteiger partial charge in [0.1, 0.15) is 12.2 Å². The van der Waals surface area contributed by atoms with Crippen LogP contribution in [0.5, 0.6) is 0 Å². The number of methoxy groups -OCH3 is 1. The Balaban J connectivity index is 0.0000348. The fraction of sp³-hybridized carbons (Fsp3) is 0.957. The van der Waals surface area contributed by atoms with Gasteiger partial charge in [0, 0.05) is 20.0 Å². The van der Waals surface area contributed by atoms with Gasteiger partial charge in [0.15, 0.2) is 18.5 Å². The van der Waals surface area contributed by atoms with Gasteiger partial charge in [0.25, 0.3) is 0 Å². The van der Waals surface area contributed by atoms with Crippen LogP contribution in [0.3, 0.4) is 0 Å². The number of esters is 2. The largest absolute Gasteiger partial charge is 1.00 e. The molecule has 0 aromatic rings. The number of hydrogen-bond donors (Lipinski definition) is 1. The van der Waals surface area contributed by atoms with Crippen molar-refractivity contribution in [2.75, 3.05) is 13.7 Å². The first-order valence-corrected chi connectivity index (χ1v) is 25.8. The summed E-state index contributed by atoms with van der Waals surface area (Å²) in [5.74, 6) is -1.25. The summed E-state index contributed by atoms with van der Waals surface area (Å²) in [5, 5.41) is 9.97. The van der Waals surface area contributed by atoms with Crippen LogP contribution in [0.25, 0.3) is 0 Å². The van der Waals surface area contributed by atoms with Crippen LogP contribution in [0.15, 0.2) is 0 Å². The van der Waals surface area contributed by atoms with Gasteiger partial charge < -0.3 is 28.6 Å². The zero-order chi connectivity index (χ0) is 43.2. The van der Waals surface area contributed by atoms with Gasteiger partial charge in [0.2, 0.25) is 10.4 Å². The molecule has 0 unspecified atom stereocenters. The second-order valence-electron chi connectivity index (χ2n) is 17.2. The Hall–Kier alpha value is -0.310. The van der Waals surface area contributed by atoms with Gasteiger partial charge in [-0.15, -0.1) is 0 Å².